The Balaban J connectivity index is 1.49. The third kappa shape index (κ3) is 2.85. The van der Waals surface area contributed by atoms with Gasteiger partial charge in [-0.25, -0.2) is 0 Å². The lowest BCUT2D eigenvalue weighted by Crippen LogP contribution is -2.22. The molecule has 2 nitrogen and oxygen atoms in total. The van der Waals surface area contributed by atoms with Crippen molar-refractivity contribution in [2.24, 2.45) is 0 Å². The summed E-state index contributed by atoms with van der Waals surface area (Å²) in [5.74, 6) is 0.559. The minimum atomic E-state index is -0.202. The molecule has 98 valence electrons. The van der Waals surface area contributed by atoms with Crippen molar-refractivity contribution >= 4 is 0 Å². The minimum Gasteiger partial charge on any atom is -0.393 e. The van der Waals surface area contributed by atoms with Gasteiger partial charge in [-0.3, -0.25) is 4.98 Å². The van der Waals surface area contributed by atoms with Crippen LogP contribution in [0, 0.1) is 0 Å². The summed E-state index contributed by atoms with van der Waals surface area (Å²) < 4.78 is 0. The van der Waals surface area contributed by atoms with E-state index in [2.05, 4.69) is 29.2 Å². The predicted octanol–water partition coefficient (Wildman–Crippen LogP) is 3.11. The minimum absolute atomic E-state index is 0.202. The zero-order valence-electron chi connectivity index (χ0n) is 11.0. The molecule has 1 aromatic heterocycles. The molecule has 1 aliphatic rings. The lowest BCUT2D eigenvalue weighted by molar-refractivity contribution is 0.142. The number of pyridine rings is 1. The Bertz CT molecular complexity index is 538. The van der Waals surface area contributed by atoms with Crippen LogP contribution in [0.2, 0.25) is 0 Å². The van der Waals surface area contributed by atoms with Gasteiger partial charge in [-0.15, -0.1) is 0 Å². The van der Waals surface area contributed by atoms with Crippen LogP contribution in [0.1, 0.15) is 35.4 Å². The van der Waals surface area contributed by atoms with Gasteiger partial charge in [0, 0.05) is 12.4 Å². The van der Waals surface area contributed by atoms with E-state index in [0.29, 0.717) is 5.92 Å². The van der Waals surface area contributed by atoms with E-state index in [1.807, 2.05) is 24.5 Å². The van der Waals surface area contributed by atoms with E-state index in [1.165, 1.54) is 16.7 Å². The molecule has 1 N–H and O–H groups in total. The van der Waals surface area contributed by atoms with Crippen LogP contribution >= 0.6 is 0 Å². The summed E-state index contributed by atoms with van der Waals surface area (Å²) in [6.45, 7) is 0. The Morgan fingerprint density at radius 3 is 2.74 bits per heavy atom. The van der Waals surface area contributed by atoms with Crippen molar-refractivity contribution in [3.05, 3.63) is 65.5 Å². The SMILES string of the molecule is OC(CCc1ccncc1)CC1Cc2ccccc21. The van der Waals surface area contributed by atoms with Gasteiger partial charge in [-0.2, -0.15) is 0 Å². The molecule has 1 aliphatic carbocycles. The van der Waals surface area contributed by atoms with Crippen LogP contribution in [0.4, 0.5) is 0 Å². The quantitative estimate of drug-likeness (QED) is 0.888. The maximum atomic E-state index is 10.2. The highest BCUT2D eigenvalue weighted by Gasteiger charge is 2.27. The normalized spacial score (nSPS) is 18.5. The van der Waals surface area contributed by atoms with Crippen molar-refractivity contribution in [3.8, 4) is 0 Å². The summed E-state index contributed by atoms with van der Waals surface area (Å²) in [5.41, 5.74) is 4.14. The highest BCUT2D eigenvalue weighted by atomic mass is 16.3. The van der Waals surface area contributed by atoms with E-state index in [-0.39, 0.29) is 6.10 Å². The van der Waals surface area contributed by atoms with Crippen LogP contribution < -0.4 is 0 Å². The van der Waals surface area contributed by atoms with Gasteiger partial charge in [0.25, 0.3) is 0 Å². The molecule has 1 aromatic carbocycles. The van der Waals surface area contributed by atoms with E-state index in [1.54, 1.807) is 0 Å². The molecule has 2 atom stereocenters. The van der Waals surface area contributed by atoms with E-state index >= 15 is 0 Å². The smallest absolute Gasteiger partial charge is 0.0549 e. The molecule has 2 heteroatoms. The molecule has 2 unspecified atom stereocenters. The number of aromatic nitrogens is 1. The van der Waals surface area contributed by atoms with Gasteiger partial charge in [-0.1, -0.05) is 24.3 Å². The first kappa shape index (κ1) is 12.4. The Morgan fingerprint density at radius 2 is 1.95 bits per heavy atom. The van der Waals surface area contributed by atoms with Gasteiger partial charge in [-0.05, 0) is 60.4 Å². The number of aliphatic hydroxyl groups is 1. The van der Waals surface area contributed by atoms with Crippen molar-refractivity contribution in [3.63, 3.8) is 0 Å². The first-order valence-corrected chi connectivity index (χ1v) is 6.97. The molecule has 0 amide bonds. The van der Waals surface area contributed by atoms with E-state index in [0.717, 1.165) is 25.7 Å². The molecule has 0 bridgehead atoms. The van der Waals surface area contributed by atoms with Crippen molar-refractivity contribution in [2.75, 3.05) is 0 Å². The van der Waals surface area contributed by atoms with Crippen LogP contribution in [0.25, 0.3) is 0 Å². The monoisotopic (exact) mass is 253 g/mol. The fraction of sp³-hybridized carbons (Fsp3) is 0.353. The molecule has 0 spiro atoms. The number of hydrogen-bond donors (Lipinski definition) is 1. The largest absolute Gasteiger partial charge is 0.393 e. The highest BCUT2D eigenvalue weighted by Crippen LogP contribution is 2.38. The van der Waals surface area contributed by atoms with Crippen LogP contribution in [0.15, 0.2) is 48.8 Å². The zero-order chi connectivity index (χ0) is 13.1. The van der Waals surface area contributed by atoms with Crippen molar-refractivity contribution in [1.29, 1.82) is 0 Å². The van der Waals surface area contributed by atoms with Crippen LogP contribution in [-0.2, 0) is 12.8 Å². The molecule has 19 heavy (non-hydrogen) atoms. The van der Waals surface area contributed by atoms with Crippen LogP contribution in [0.3, 0.4) is 0 Å². The summed E-state index contributed by atoms with van der Waals surface area (Å²) in [6.07, 6.45) is 7.20. The third-order valence-corrected chi connectivity index (χ3v) is 4.03. The Kier molecular flexibility index (Phi) is 3.60. The second kappa shape index (κ2) is 5.54. The molecule has 1 heterocycles. The van der Waals surface area contributed by atoms with Crippen molar-refractivity contribution < 1.29 is 5.11 Å². The van der Waals surface area contributed by atoms with Crippen molar-refractivity contribution in [2.45, 2.75) is 37.7 Å². The van der Waals surface area contributed by atoms with Gasteiger partial charge in [0.1, 0.15) is 0 Å². The Hall–Kier alpha value is -1.67. The number of hydrogen-bond acceptors (Lipinski definition) is 2. The standard InChI is InChI=1S/C17H19NO/c19-16(6-5-13-7-9-18-10-8-13)12-15-11-14-3-1-2-4-17(14)15/h1-4,7-10,15-16,19H,5-6,11-12H2. The summed E-state index contributed by atoms with van der Waals surface area (Å²) in [4.78, 5) is 4.01. The number of benzene rings is 1. The maximum Gasteiger partial charge on any atom is 0.0549 e. The average Bonchev–Trinajstić information content (AvgIpc) is 2.44. The second-order valence-electron chi connectivity index (χ2n) is 5.38. The average molecular weight is 253 g/mol. The van der Waals surface area contributed by atoms with Gasteiger partial charge < -0.3 is 5.11 Å². The van der Waals surface area contributed by atoms with Crippen molar-refractivity contribution in [1.82, 2.24) is 4.98 Å². The first-order valence-electron chi connectivity index (χ1n) is 6.97. The molecular weight excluding hydrogens is 234 g/mol. The molecular formula is C17H19NO. The number of nitrogens with zero attached hydrogens (tertiary/aromatic N) is 1. The van der Waals surface area contributed by atoms with Gasteiger partial charge in [0.2, 0.25) is 0 Å². The molecule has 2 aromatic rings. The molecule has 0 saturated carbocycles. The Morgan fingerprint density at radius 1 is 1.16 bits per heavy atom. The fourth-order valence-corrected chi connectivity index (χ4v) is 2.90. The summed E-state index contributed by atoms with van der Waals surface area (Å²) >= 11 is 0. The van der Waals surface area contributed by atoms with E-state index < -0.39 is 0 Å². The molecule has 3 rings (SSSR count). The number of aryl methyl sites for hydroxylation is 1. The van der Waals surface area contributed by atoms with E-state index in [9.17, 15) is 5.11 Å². The van der Waals surface area contributed by atoms with Crippen LogP contribution in [0.5, 0.6) is 0 Å². The van der Waals surface area contributed by atoms with E-state index in [4.69, 9.17) is 0 Å². The lowest BCUT2D eigenvalue weighted by Gasteiger charge is -2.31. The second-order valence-corrected chi connectivity index (χ2v) is 5.38. The summed E-state index contributed by atoms with van der Waals surface area (Å²) in [6, 6.07) is 12.6. The lowest BCUT2D eigenvalue weighted by atomic mass is 9.74. The Labute approximate surface area is 114 Å². The highest BCUT2D eigenvalue weighted by molar-refractivity contribution is 5.39. The predicted molar refractivity (Wildman–Crippen MR) is 76.1 cm³/mol. The molecule has 0 aliphatic heterocycles. The van der Waals surface area contributed by atoms with Gasteiger partial charge in [0.15, 0.2) is 0 Å². The summed E-state index contributed by atoms with van der Waals surface area (Å²) in [5, 5.41) is 10.2. The number of rotatable bonds is 5. The topological polar surface area (TPSA) is 33.1 Å². The van der Waals surface area contributed by atoms with Gasteiger partial charge in [0.05, 0.1) is 6.10 Å². The third-order valence-electron chi connectivity index (χ3n) is 4.03. The number of fused-ring (bicyclic) bond motifs is 1. The zero-order valence-corrected chi connectivity index (χ0v) is 11.0. The maximum absolute atomic E-state index is 10.2. The fourth-order valence-electron chi connectivity index (χ4n) is 2.90. The molecule has 0 radical (unpaired) electrons. The number of aliphatic hydroxyl groups excluding tert-OH is 1. The summed E-state index contributed by atoms with van der Waals surface area (Å²) in [7, 11) is 0. The van der Waals surface area contributed by atoms with Crippen LogP contribution in [-0.4, -0.2) is 16.2 Å². The first-order chi connectivity index (χ1) is 9.33. The van der Waals surface area contributed by atoms with Gasteiger partial charge >= 0.3 is 0 Å². The molecule has 0 saturated heterocycles. The molecule has 0 fully saturated rings.